The molecular formula is C30H33FN6O5. The molecule has 0 spiro atoms. The normalized spacial score (nSPS) is 16.4. The van der Waals surface area contributed by atoms with Crippen molar-refractivity contribution in [3.63, 3.8) is 0 Å². The van der Waals surface area contributed by atoms with Crippen LogP contribution in [0.4, 0.5) is 15.0 Å². The van der Waals surface area contributed by atoms with Crippen LogP contribution < -0.4 is 15.4 Å². The van der Waals surface area contributed by atoms with Crippen LogP contribution >= 0.6 is 0 Å². The molecule has 220 valence electrons. The summed E-state index contributed by atoms with van der Waals surface area (Å²) in [6, 6.07) is 10.9. The first kappa shape index (κ1) is 28.8. The van der Waals surface area contributed by atoms with Crippen LogP contribution in [0.15, 0.2) is 55.0 Å². The first-order valence-corrected chi connectivity index (χ1v) is 13.7. The number of nitrogens with zero attached hydrogens (tertiary/aromatic N) is 4. The fraction of sp³-hybridized carbons (Fsp3) is 0.367. The van der Waals surface area contributed by atoms with E-state index in [1.807, 2.05) is 30.3 Å². The standard InChI is InChI=1S/C30H33FN6O5/c1-5-40-28(38)23-16-34-37-17-24(18-9-7-6-8-10-18)25(36-26(23)37)32-14-19-11-20(31)15-33-27(19)41-22-12-21(13-22)35-29(39)42-30(2,3)4/h6-11,15-17,21-22H,5,12-14H2,1-4H3,(H,32,36)(H,35,39). The fourth-order valence-electron chi connectivity index (χ4n) is 4.52. The molecule has 5 rings (SSSR count). The number of aromatic nitrogens is 4. The number of rotatable bonds is 9. The third-order valence-corrected chi connectivity index (χ3v) is 6.51. The molecule has 3 aromatic heterocycles. The fourth-order valence-corrected chi connectivity index (χ4v) is 4.52. The molecule has 12 heteroatoms. The first-order valence-electron chi connectivity index (χ1n) is 13.7. The van der Waals surface area contributed by atoms with E-state index in [0.29, 0.717) is 29.9 Å². The summed E-state index contributed by atoms with van der Waals surface area (Å²) in [6.07, 6.45) is 4.76. The summed E-state index contributed by atoms with van der Waals surface area (Å²) < 4.78 is 32.4. The summed E-state index contributed by atoms with van der Waals surface area (Å²) in [4.78, 5) is 33.4. The number of halogens is 1. The molecule has 0 saturated heterocycles. The van der Waals surface area contributed by atoms with Crippen molar-refractivity contribution in [1.29, 1.82) is 0 Å². The van der Waals surface area contributed by atoms with E-state index in [4.69, 9.17) is 19.2 Å². The topological polar surface area (TPSA) is 129 Å². The van der Waals surface area contributed by atoms with Crippen LogP contribution in [-0.2, 0) is 16.0 Å². The monoisotopic (exact) mass is 576 g/mol. The van der Waals surface area contributed by atoms with E-state index in [0.717, 1.165) is 17.3 Å². The largest absolute Gasteiger partial charge is 0.474 e. The van der Waals surface area contributed by atoms with Crippen molar-refractivity contribution >= 4 is 23.5 Å². The molecule has 0 radical (unpaired) electrons. The second kappa shape index (κ2) is 12.0. The summed E-state index contributed by atoms with van der Waals surface area (Å²) in [5.41, 5.74) is 2.05. The summed E-state index contributed by atoms with van der Waals surface area (Å²) in [5, 5.41) is 10.4. The Morgan fingerprint density at radius 2 is 1.90 bits per heavy atom. The number of ether oxygens (including phenoxy) is 3. The molecule has 3 heterocycles. The Morgan fingerprint density at radius 1 is 1.14 bits per heavy atom. The van der Waals surface area contributed by atoms with Gasteiger partial charge in [-0.05, 0) is 39.3 Å². The molecule has 1 fully saturated rings. The zero-order chi connectivity index (χ0) is 29.9. The second-order valence-electron chi connectivity index (χ2n) is 10.9. The minimum absolute atomic E-state index is 0.0829. The van der Waals surface area contributed by atoms with E-state index in [-0.39, 0.29) is 36.7 Å². The molecule has 1 saturated carbocycles. The van der Waals surface area contributed by atoms with Gasteiger partial charge in [0.1, 0.15) is 28.9 Å². The molecule has 42 heavy (non-hydrogen) atoms. The van der Waals surface area contributed by atoms with Crippen LogP contribution in [0.5, 0.6) is 5.88 Å². The molecule has 4 aromatic rings. The lowest BCUT2D eigenvalue weighted by Crippen LogP contribution is -2.50. The molecule has 0 unspecified atom stereocenters. The molecule has 1 amide bonds. The number of pyridine rings is 1. The number of carbonyl (C=O) groups excluding carboxylic acids is 2. The van der Waals surface area contributed by atoms with Crippen molar-refractivity contribution < 1.29 is 28.2 Å². The Bertz CT molecular complexity index is 1580. The predicted octanol–water partition coefficient (Wildman–Crippen LogP) is 5.15. The third-order valence-electron chi connectivity index (χ3n) is 6.51. The number of fused-ring (bicyclic) bond motifs is 1. The van der Waals surface area contributed by atoms with Crippen LogP contribution in [0.2, 0.25) is 0 Å². The lowest BCUT2D eigenvalue weighted by atomic mass is 9.89. The maximum absolute atomic E-state index is 14.3. The van der Waals surface area contributed by atoms with E-state index < -0.39 is 23.5 Å². The lowest BCUT2D eigenvalue weighted by molar-refractivity contribution is 0.0351. The van der Waals surface area contributed by atoms with Gasteiger partial charge in [0.25, 0.3) is 0 Å². The van der Waals surface area contributed by atoms with Gasteiger partial charge >= 0.3 is 12.1 Å². The summed E-state index contributed by atoms with van der Waals surface area (Å²) in [5.74, 6) is -0.295. The zero-order valence-corrected chi connectivity index (χ0v) is 23.9. The molecule has 0 bridgehead atoms. The number of nitrogens with one attached hydrogen (secondary N) is 2. The minimum Gasteiger partial charge on any atom is -0.474 e. The quantitative estimate of drug-likeness (QED) is 0.260. The van der Waals surface area contributed by atoms with Crippen molar-refractivity contribution in [2.75, 3.05) is 11.9 Å². The van der Waals surface area contributed by atoms with Gasteiger partial charge in [0.15, 0.2) is 5.65 Å². The van der Waals surface area contributed by atoms with Gasteiger partial charge in [-0.3, -0.25) is 0 Å². The van der Waals surface area contributed by atoms with Crippen molar-refractivity contribution in [3.05, 3.63) is 71.9 Å². The maximum Gasteiger partial charge on any atom is 0.407 e. The Labute approximate surface area is 242 Å². The van der Waals surface area contributed by atoms with Crippen molar-refractivity contribution in [3.8, 4) is 17.0 Å². The number of amides is 1. The average Bonchev–Trinajstić information content (AvgIpc) is 3.34. The Balaban J connectivity index is 1.34. The maximum atomic E-state index is 14.3. The SMILES string of the molecule is CCOC(=O)c1cnn2cc(-c3ccccc3)c(NCc3cc(F)cnc3OC3CC(NC(=O)OC(C)(C)C)C3)nc12. The number of hydrogen-bond acceptors (Lipinski definition) is 9. The van der Waals surface area contributed by atoms with Crippen LogP contribution in [-0.4, -0.2) is 56.0 Å². The number of alkyl carbamates (subject to hydrolysis) is 1. The number of hydrogen-bond donors (Lipinski definition) is 2. The van der Waals surface area contributed by atoms with Gasteiger partial charge < -0.3 is 24.8 Å². The van der Waals surface area contributed by atoms with Gasteiger partial charge in [-0.15, -0.1) is 0 Å². The molecule has 1 aliphatic carbocycles. The number of benzene rings is 1. The Hall–Kier alpha value is -4.74. The van der Waals surface area contributed by atoms with E-state index >= 15 is 0 Å². The molecule has 1 aliphatic rings. The molecule has 1 aromatic carbocycles. The molecule has 0 aliphatic heterocycles. The number of esters is 1. The predicted molar refractivity (Wildman–Crippen MR) is 153 cm³/mol. The highest BCUT2D eigenvalue weighted by atomic mass is 19.1. The van der Waals surface area contributed by atoms with Crippen molar-refractivity contribution in [1.82, 2.24) is 24.9 Å². The van der Waals surface area contributed by atoms with Crippen molar-refractivity contribution in [2.45, 2.75) is 64.8 Å². The number of anilines is 1. The van der Waals surface area contributed by atoms with Gasteiger partial charge in [0.05, 0.1) is 19.0 Å². The molecule has 11 nitrogen and oxygen atoms in total. The highest BCUT2D eigenvalue weighted by Crippen LogP contribution is 2.31. The van der Waals surface area contributed by atoms with Gasteiger partial charge in [0.2, 0.25) is 5.88 Å². The van der Waals surface area contributed by atoms with Crippen LogP contribution in [0.1, 0.15) is 56.5 Å². The van der Waals surface area contributed by atoms with Crippen molar-refractivity contribution in [2.24, 2.45) is 0 Å². The van der Waals surface area contributed by atoms with E-state index in [1.54, 1.807) is 33.9 Å². The lowest BCUT2D eigenvalue weighted by Gasteiger charge is -2.36. The summed E-state index contributed by atoms with van der Waals surface area (Å²) in [7, 11) is 0. The molecule has 2 N–H and O–H groups in total. The second-order valence-corrected chi connectivity index (χ2v) is 10.9. The van der Waals surface area contributed by atoms with Crippen LogP contribution in [0.25, 0.3) is 16.8 Å². The zero-order valence-electron chi connectivity index (χ0n) is 23.9. The van der Waals surface area contributed by atoms with Gasteiger partial charge in [-0.1, -0.05) is 30.3 Å². The molecule has 0 atom stereocenters. The van der Waals surface area contributed by atoms with Crippen LogP contribution in [0, 0.1) is 5.82 Å². The van der Waals surface area contributed by atoms with E-state index in [2.05, 4.69) is 20.7 Å². The van der Waals surface area contributed by atoms with E-state index in [9.17, 15) is 14.0 Å². The summed E-state index contributed by atoms with van der Waals surface area (Å²) in [6.45, 7) is 7.50. The smallest absolute Gasteiger partial charge is 0.407 e. The third kappa shape index (κ3) is 6.76. The first-order chi connectivity index (χ1) is 20.1. The minimum atomic E-state index is -0.581. The molecular weight excluding hydrogens is 543 g/mol. The van der Waals surface area contributed by atoms with Gasteiger partial charge in [-0.25, -0.2) is 28.5 Å². The summed E-state index contributed by atoms with van der Waals surface area (Å²) >= 11 is 0. The highest BCUT2D eigenvalue weighted by molar-refractivity contribution is 5.96. The van der Waals surface area contributed by atoms with Gasteiger partial charge in [-0.2, -0.15) is 5.10 Å². The Kier molecular flexibility index (Phi) is 8.23. The highest BCUT2D eigenvalue weighted by Gasteiger charge is 2.34. The van der Waals surface area contributed by atoms with E-state index in [1.165, 1.54) is 16.8 Å². The van der Waals surface area contributed by atoms with Crippen LogP contribution in [0.3, 0.4) is 0 Å². The van der Waals surface area contributed by atoms with Gasteiger partial charge in [0, 0.05) is 42.8 Å². The Morgan fingerprint density at radius 3 is 2.62 bits per heavy atom. The number of carbonyl (C=O) groups is 2. The average molecular weight is 577 g/mol.